The maximum Gasteiger partial charge on any atom is 0.243 e. The lowest BCUT2D eigenvalue weighted by Crippen LogP contribution is -2.48. The number of carbonyl (C=O) groups is 2. The van der Waals surface area contributed by atoms with Gasteiger partial charge in [-0.25, -0.2) is 9.97 Å². The van der Waals surface area contributed by atoms with Crippen molar-refractivity contribution in [3.63, 3.8) is 0 Å². The second-order valence-electron chi connectivity index (χ2n) is 8.98. The molecule has 0 bridgehead atoms. The summed E-state index contributed by atoms with van der Waals surface area (Å²) in [6.45, 7) is 8.18. The molecule has 0 spiro atoms. The first-order valence-electron chi connectivity index (χ1n) is 11.3. The van der Waals surface area contributed by atoms with Crippen LogP contribution in [0.4, 0.5) is 0 Å². The lowest BCUT2D eigenvalue weighted by molar-refractivity contribution is -0.140. The fourth-order valence-corrected chi connectivity index (χ4v) is 6.00. The molecule has 34 heavy (non-hydrogen) atoms. The molecule has 3 aromatic rings. The van der Waals surface area contributed by atoms with Gasteiger partial charge in [0.25, 0.3) is 0 Å². The fourth-order valence-electron chi connectivity index (χ4n) is 4.26. The Hall–Kier alpha value is -2.69. The molecular weight excluding hydrogens is 470 g/mol. The van der Waals surface area contributed by atoms with Gasteiger partial charge in [0.15, 0.2) is 0 Å². The van der Waals surface area contributed by atoms with E-state index in [-0.39, 0.29) is 30.7 Å². The van der Waals surface area contributed by atoms with Crippen LogP contribution >= 0.6 is 22.9 Å². The van der Waals surface area contributed by atoms with E-state index in [9.17, 15) is 14.7 Å². The zero-order chi connectivity index (χ0) is 24.4. The van der Waals surface area contributed by atoms with E-state index in [4.69, 9.17) is 0 Å². The highest BCUT2D eigenvalue weighted by Crippen LogP contribution is 2.32. The van der Waals surface area contributed by atoms with Crippen molar-refractivity contribution in [1.29, 1.82) is 0 Å². The van der Waals surface area contributed by atoms with Crippen molar-refractivity contribution < 1.29 is 14.7 Å². The van der Waals surface area contributed by atoms with Crippen molar-refractivity contribution in [2.24, 2.45) is 5.92 Å². The Morgan fingerprint density at radius 1 is 1.24 bits per heavy atom. The van der Waals surface area contributed by atoms with Gasteiger partial charge >= 0.3 is 0 Å². The van der Waals surface area contributed by atoms with Crippen molar-refractivity contribution in [2.75, 3.05) is 6.54 Å². The number of benzene rings is 1. The Bertz CT molecular complexity index is 1160. The van der Waals surface area contributed by atoms with Crippen LogP contribution in [0.25, 0.3) is 10.4 Å². The van der Waals surface area contributed by atoms with Gasteiger partial charge in [-0.05, 0) is 42.4 Å². The van der Waals surface area contributed by atoms with Crippen molar-refractivity contribution in [3.8, 4) is 10.4 Å². The largest absolute Gasteiger partial charge is 0.391 e. The number of β-amino-alcohol motifs (C(OH)–C–C–N with tert-alkyl or cyclic N) is 1. The van der Waals surface area contributed by atoms with E-state index in [0.717, 1.165) is 21.7 Å². The summed E-state index contributed by atoms with van der Waals surface area (Å²) in [5.74, 6) is -0.322. The topological polar surface area (TPSA) is 108 Å². The van der Waals surface area contributed by atoms with Crippen LogP contribution in [0, 0.1) is 19.8 Å². The van der Waals surface area contributed by atoms with Crippen molar-refractivity contribution >= 4 is 34.7 Å². The van der Waals surface area contributed by atoms with Crippen molar-refractivity contribution in [1.82, 2.24) is 24.6 Å². The molecule has 0 radical (unpaired) electrons. The van der Waals surface area contributed by atoms with E-state index in [1.807, 2.05) is 50.5 Å². The van der Waals surface area contributed by atoms with Crippen LogP contribution in [-0.4, -0.2) is 54.9 Å². The number of nitrogens with one attached hydrogen (secondary N) is 1. The third kappa shape index (κ3) is 5.18. The number of likely N-dealkylation sites (tertiary alicyclic amines) is 1. The van der Waals surface area contributed by atoms with E-state index in [2.05, 4.69) is 19.7 Å². The Labute approximate surface area is 207 Å². The van der Waals surface area contributed by atoms with Crippen LogP contribution in [0.5, 0.6) is 0 Å². The normalized spacial score (nSPS) is 18.9. The van der Waals surface area contributed by atoms with Crippen LogP contribution in [-0.2, 0) is 16.1 Å². The quantitative estimate of drug-likeness (QED) is 0.516. The minimum atomic E-state index is -0.731. The second-order valence-corrected chi connectivity index (χ2v) is 10.6. The zero-order valence-corrected chi connectivity index (χ0v) is 21.3. The molecule has 1 saturated heterocycles. The van der Waals surface area contributed by atoms with Gasteiger partial charge in [0.05, 0.1) is 28.1 Å². The number of carbonyl (C=O) groups excluding carboxylic acids is 2. The number of hydrogen-bond acceptors (Lipinski definition) is 8. The highest BCUT2D eigenvalue weighted by atomic mass is 32.1. The number of nitrogens with zero attached hydrogens (tertiary/aromatic N) is 4. The lowest BCUT2D eigenvalue weighted by atomic mass is 9.94. The Morgan fingerprint density at radius 3 is 2.56 bits per heavy atom. The molecule has 10 heteroatoms. The van der Waals surface area contributed by atoms with E-state index < -0.39 is 18.1 Å². The number of aliphatic hydroxyl groups is 1. The molecule has 180 valence electrons. The number of aromatic nitrogens is 3. The summed E-state index contributed by atoms with van der Waals surface area (Å²) in [5, 5.41) is 13.9. The summed E-state index contributed by atoms with van der Waals surface area (Å²) in [7, 11) is 0. The zero-order valence-electron chi connectivity index (χ0n) is 19.7. The third-order valence-electron chi connectivity index (χ3n) is 6.04. The summed E-state index contributed by atoms with van der Waals surface area (Å²) >= 11 is 2.82. The molecule has 1 aromatic carbocycles. The smallest absolute Gasteiger partial charge is 0.243 e. The highest BCUT2D eigenvalue weighted by Gasteiger charge is 2.42. The first-order chi connectivity index (χ1) is 16.2. The maximum atomic E-state index is 13.5. The molecule has 0 saturated carbocycles. The fraction of sp³-hybridized carbons (Fsp3) is 0.458. The first-order valence-corrected chi connectivity index (χ1v) is 13.0. The van der Waals surface area contributed by atoms with E-state index in [1.54, 1.807) is 18.3 Å². The molecule has 1 fully saturated rings. The Balaban J connectivity index is 1.43. The summed E-state index contributed by atoms with van der Waals surface area (Å²) < 4.78 is 4.22. The molecule has 4 rings (SSSR count). The van der Waals surface area contributed by atoms with Gasteiger partial charge in [-0.3, -0.25) is 9.59 Å². The van der Waals surface area contributed by atoms with Gasteiger partial charge < -0.3 is 15.3 Å². The molecule has 3 atom stereocenters. The van der Waals surface area contributed by atoms with Gasteiger partial charge in [0, 0.05) is 19.5 Å². The van der Waals surface area contributed by atoms with Crippen molar-refractivity contribution in [3.05, 3.63) is 51.9 Å². The SMILES string of the molecule is Cc1nsc(C(C(=O)N2C[C@H](O)C[C@H]2C(=O)NCc2ccc(-c3scnc3C)cc2)C(C)C)n1. The van der Waals surface area contributed by atoms with Crippen LogP contribution < -0.4 is 5.32 Å². The van der Waals surface area contributed by atoms with Gasteiger partial charge in [-0.15, -0.1) is 11.3 Å². The third-order valence-corrected chi connectivity index (χ3v) is 7.90. The summed E-state index contributed by atoms with van der Waals surface area (Å²) in [4.78, 5) is 37.9. The molecule has 1 aliphatic rings. The van der Waals surface area contributed by atoms with Gasteiger partial charge in [-0.2, -0.15) is 4.37 Å². The monoisotopic (exact) mass is 499 g/mol. The number of aliphatic hydroxyl groups excluding tert-OH is 1. The van der Waals surface area contributed by atoms with Crippen LogP contribution in [0.2, 0.25) is 0 Å². The minimum Gasteiger partial charge on any atom is -0.391 e. The molecule has 0 aliphatic carbocycles. The number of rotatable bonds is 7. The van der Waals surface area contributed by atoms with E-state index in [0.29, 0.717) is 17.4 Å². The van der Waals surface area contributed by atoms with Crippen LogP contribution in [0.3, 0.4) is 0 Å². The first kappa shape index (κ1) is 24.4. The van der Waals surface area contributed by atoms with E-state index in [1.165, 1.54) is 16.4 Å². The number of amides is 2. The molecule has 2 N–H and O–H groups in total. The van der Waals surface area contributed by atoms with Gasteiger partial charge in [0.1, 0.15) is 16.9 Å². The molecular formula is C24H29N5O3S2. The molecule has 1 aliphatic heterocycles. The van der Waals surface area contributed by atoms with Gasteiger partial charge in [-0.1, -0.05) is 38.1 Å². The summed E-state index contributed by atoms with van der Waals surface area (Å²) in [5.41, 5.74) is 4.88. The minimum absolute atomic E-state index is 0.0120. The van der Waals surface area contributed by atoms with Crippen LogP contribution in [0.1, 0.15) is 48.3 Å². The van der Waals surface area contributed by atoms with E-state index >= 15 is 0 Å². The molecule has 1 unspecified atom stereocenters. The number of aryl methyl sites for hydroxylation is 2. The molecule has 2 aromatic heterocycles. The number of hydrogen-bond donors (Lipinski definition) is 2. The molecule has 3 heterocycles. The predicted molar refractivity (Wildman–Crippen MR) is 132 cm³/mol. The Morgan fingerprint density at radius 2 is 1.97 bits per heavy atom. The highest BCUT2D eigenvalue weighted by molar-refractivity contribution is 7.13. The summed E-state index contributed by atoms with van der Waals surface area (Å²) in [6.07, 6.45) is -0.508. The van der Waals surface area contributed by atoms with Gasteiger partial charge in [0.2, 0.25) is 11.8 Å². The summed E-state index contributed by atoms with van der Waals surface area (Å²) in [6, 6.07) is 7.29. The number of thiazole rings is 1. The average molecular weight is 500 g/mol. The lowest BCUT2D eigenvalue weighted by Gasteiger charge is -2.28. The molecule has 2 amide bonds. The Kier molecular flexibility index (Phi) is 7.39. The van der Waals surface area contributed by atoms with Crippen molar-refractivity contribution in [2.45, 2.75) is 58.7 Å². The second kappa shape index (κ2) is 10.3. The predicted octanol–water partition coefficient (Wildman–Crippen LogP) is 3.30. The standard InChI is InChI=1S/C24H29N5O3S2/c1-13(2)20(23-27-15(4)28-34-23)24(32)29-11-18(30)9-19(29)22(31)25-10-16-5-7-17(8-6-16)21-14(3)26-12-33-21/h5-8,12-13,18-20,30H,9-11H2,1-4H3,(H,25,31)/t18-,19+,20?/m1/s1. The average Bonchev–Trinajstić information content (AvgIpc) is 3.52. The molecule has 8 nitrogen and oxygen atoms in total. The maximum absolute atomic E-state index is 13.5. The van der Waals surface area contributed by atoms with Crippen LogP contribution in [0.15, 0.2) is 29.8 Å².